The number of hydrogen-bond acceptors (Lipinski definition) is 3. The Balaban J connectivity index is 1.86. The Hall–Kier alpha value is -2.40. The zero-order chi connectivity index (χ0) is 17.4. The molecule has 0 aliphatic heterocycles. The number of carbonyl (C=O) groups excluding carboxylic acids is 1. The van der Waals surface area contributed by atoms with Crippen LogP contribution in [0.4, 0.5) is 0 Å². The summed E-state index contributed by atoms with van der Waals surface area (Å²) in [5.74, 6) is 0.330. The summed E-state index contributed by atoms with van der Waals surface area (Å²) in [6.45, 7) is 3.50. The molecule has 2 aromatic carbocycles. The minimum absolute atomic E-state index is 0.301. The van der Waals surface area contributed by atoms with Gasteiger partial charge in [-0.15, -0.1) is 0 Å². The number of hydrazone groups is 1. The molecule has 0 saturated carbocycles. The van der Waals surface area contributed by atoms with E-state index in [4.69, 9.17) is 4.74 Å². The van der Waals surface area contributed by atoms with Gasteiger partial charge in [0, 0.05) is 4.47 Å². The van der Waals surface area contributed by atoms with Gasteiger partial charge in [-0.05, 0) is 49.8 Å². The van der Waals surface area contributed by atoms with Crippen molar-refractivity contribution in [3.63, 3.8) is 0 Å². The Bertz CT molecular complexity index is 725. The quantitative estimate of drug-likeness (QED) is 0.589. The number of rotatable bonds is 6. The molecule has 1 amide bonds. The molecule has 0 radical (unpaired) electrons. The molecule has 2 rings (SSSR count). The third kappa shape index (κ3) is 6.01. The molecule has 0 spiro atoms. The summed E-state index contributed by atoms with van der Waals surface area (Å²) >= 11 is 3.35. The molecule has 5 heteroatoms. The van der Waals surface area contributed by atoms with Crippen LogP contribution < -0.4 is 10.2 Å². The Kier molecular flexibility index (Phi) is 6.75. The molecule has 1 atom stereocenters. The molecule has 124 valence electrons. The summed E-state index contributed by atoms with van der Waals surface area (Å²) in [4.78, 5) is 12.0. The molecule has 0 aliphatic carbocycles. The topological polar surface area (TPSA) is 50.7 Å². The molecule has 1 unspecified atom stereocenters. The van der Waals surface area contributed by atoms with Crippen LogP contribution in [-0.2, 0) is 4.79 Å². The van der Waals surface area contributed by atoms with Crippen LogP contribution in [0.1, 0.15) is 19.4 Å². The zero-order valence-corrected chi connectivity index (χ0v) is 15.2. The summed E-state index contributed by atoms with van der Waals surface area (Å²) in [6, 6.07) is 17.2. The molecule has 1 N–H and O–H groups in total. The van der Waals surface area contributed by atoms with Crippen LogP contribution in [0.3, 0.4) is 0 Å². The molecule has 0 heterocycles. The fraction of sp³-hybridized carbons (Fsp3) is 0.158. The lowest BCUT2D eigenvalue weighted by atomic mass is 10.2. The maximum absolute atomic E-state index is 12.0. The largest absolute Gasteiger partial charge is 0.481 e. The highest BCUT2D eigenvalue weighted by Crippen LogP contribution is 2.17. The molecule has 0 saturated heterocycles. The van der Waals surface area contributed by atoms with Gasteiger partial charge in [0.05, 0.1) is 5.71 Å². The van der Waals surface area contributed by atoms with Crippen LogP contribution >= 0.6 is 15.9 Å². The van der Waals surface area contributed by atoms with Crippen molar-refractivity contribution in [3.8, 4) is 5.75 Å². The lowest BCUT2D eigenvalue weighted by Gasteiger charge is -2.13. The monoisotopic (exact) mass is 386 g/mol. The number of ether oxygens (including phenoxy) is 1. The molecule has 24 heavy (non-hydrogen) atoms. The second-order valence-corrected chi connectivity index (χ2v) is 6.10. The van der Waals surface area contributed by atoms with Gasteiger partial charge in [-0.25, -0.2) is 5.43 Å². The van der Waals surface area contributed by atoms with Crippen molar-refractivity contribution >= 4 is 33.6 Å². The Labute approximate surface area is 150 Å². The number of benzene rings is 2. The number of nitrogens with zero attached hydrogens (tertiary/aromatic N) is 1. The predicted octanol–water partition coefficient (Wildman–Crippen LogP) is 4.42. The van der Waals surface area contributed by atoms with Gasteiger partial charge in [0.1, 0.15) is 5.75 Å². The molecular weight excluding hydrogens is 368 g/mol. The average molecular weight is 387 g/mol. The Morgan fingerprint density at radius 2 is 1.83 bits per heavy atom. The minimum Gasteiger partial charge on any atom is -0.481 e. The first-order chi connectivity index (χ1) is 11.5. The molecular formula is C19H19BrN2O2. The van der Waals surface area contributed by atoms with E-state index in [0.717, 1.165) is 10.0 Å². The molecule has 4 nitrogen and oxygen atoms in total. The first-order valence-electron chi connectivity index (χ1n) is 7.54. The maximum atomic E-state index is 12.0. The Morgan fingerprint density at radius 3 is 2.50 bits per heavy atom. The molecule has 0 aromatic heterocycles. The highest BCUT2D eigenvalue weighted by Gasteiger charge is 2.13. The van der Waals surface area contributed by atoms with Gasteiger partial charge in [0.25, 0.3) is 5.91 Å². The minimum atomic E-state index is -0.638. The summed E-state index contributed by atoms with van der Waals surface area (Å²) in [5, 5.41) is 4.06. The molecule has 0 fully saturated rings. The highest BCUT2D eigenvalue weighted by atomic mass is 79.9. The summed E-state index contributed by atoms with van der Waals surface area (Å²) in [5.41, 5.74) is 4.29. The van der Waals surface area contributed by atoms with Gasteiger partial charge in [0.2, 0.25) is 0 Å². The van der Waals surface area contributed by atoms with Crippen LogP contribution in [0.15, 0.2) is 70.2 Å². The summed E-state index contributed by atoms with van der Waals surface area (Å²) < 4.78 is 6.53. The predicted molar refractivity (Wildman–Crippen MR) is 101 cm³/mol. The number of halogens is 1. The van der Waals surface area contributed by atoms with E-state index >= 15 is 0 Å². The van der Waals surface area contributed by atoms with Crippen molar-refractivity contribution in [2.24, 2.45) is 5.10 Å². The van der Waals surface area contributed by atoms with Gasteiger partial charge >= 0.3 is 0 Å². The first-order valence-corrected chi connectivity index (χ1v) is 8.33. The van der Waals surface area contributed by atoms with Crippen molar-refractivity contribution in [1.29, 1.82) is 0 Å². The fourth-order valence-corrected chi connectivity index (χ4v) is 2.09. The SMILES string of the molecule is CC(C=Cc1ccccc1)=NNC(=O)C(C)Oc1ccc(Br)cc1. The second kappa shape index (κ2) is 9.03. The van der Waals surface area contributed by atoms with Gasteiger partial charge in [-0.1, -0.05) is 52.3 Å². The maximum Gasteiger partial charge on any atom is 0.280 e. The molecule has 0 aliphatic rings. The number of carbonyl (C=O) groups is 1. The van der Waals surface area contributed by atoms with Crippen LogP contribution in [-0.4, -0.2) is 17.7 Å². The number of amides is 1. The third-order valence-electron chi connectivity index (χ3n) is 3.15. The van der Waals surface area contributed by atoms with Gasteiger partial charge < -0.3 is 4.74 Å². The number of nitrogens with one attached hydrogen (secondary N) is 1. The van der Waals surface area contributed by atoms with Gasteiger partial charge in [0.15, 0.2) is 6.10 Å². The normalized spacial score (nSPS) is 12.9. The van der Waals surface area contributed by atoms with Crippen LogP contribution in [0.5, 0.6) is 5.75 Å². The summed E-state index contributed by atoms with van der Waals surface area (Å²) in [6.07, 6.45) is 3.14. The third-order valence-corrected chi connectivity index (χ3v) is 3.68. The van der Waals surface area contributed by atoms with Crippen molar-refractivity contribution < 1.29 is 9.53 Å². The first kappa shape index (κ1) is 17.9. The lowest BCUT2D eigenvalue weighted by molar-refractivity contribution is -0.127. The smallest absolute Gasteiger partial charge is 0.280 e. The molecule has 0 bridgehead atoms. The van der Waals surface area contributed by atoms with Crippen molar-refractivity contribution in [1.82, 2.24) is 5.43 Å². The lowest BCUT2D eigenvalue weighted by Crippen LogP contribution is -2.33. The van der Waals surface area contributed by atoms with Crippen LogP contribution in [0, 0.1) is 0 Å². The van der Waals surface area contributed by atoms with Gasteiger partial charge in [-0.2, -0.15) is 5.10 Å². The van der Waals surface area contributed by atoms with E-state index in [9.17, 15) is 4.79 Å². The van der Waals surface area contributed by atoms with E-state index < -0.39 is 6.10 Å². The highest BCUT2D eigenvalue weighted by molar-refractivity contribution is 9.10. The van der Waals surface area contributed by atoms with Crippen LogP contribution in [0.2, 0.25) is 0 Å². The summed E-state index contributed by atoms with van der Waals surface area (Å²) in [7, 11) is 0. The Morgan fingerprint density at radius 1 is 1.17 bits per heavy atom. The van der Waals surface area contributed by atoms with E-state index in [0.29, 0.717) is 11.5 Å². The zero-order valence-electron chi connectivity index (χ0n) is 13.6. The van der Waals surface area contributed by atoms with Crippen LogP contribution in [0.25, 0.3) is 6.08 Å². The number of allylic oxidation sites excluding steroid dienone is 1. The average Bonchev–Trinajstić information content (AvgIpc) is 2.60. The van der Waals surface area contributed by atoms with E-state index in [-0.39, 0.29) is 5.91 Å². The van der Waals surface area contributed by atoms with E-state index in [2.05, 4.69) is 26.5 Å². The number of hydrogen-bond donors (Lipinski definition) is 1. The standard InChI is InChI=1S/C19H19BrN2O2/c1-14(8-9-16-6-4-3-5-7-16)21-22-19(23)15(2)24-18-12-10-17(20)11-13-18/h3-13,15H,1-2H3,(H,22,23). The molecule has 2 aromatic rings. The van der Waals surface area contributed by atoms with Gasteiger partial charge in [-0.3, -0.25) is 4.79 Å². The van der Waals surface area contributed by atoms with Crippen molar-refractivity contribution in [3.05, 3.63) is 70.7 Å². The van der Waals surface area contributed by atoms with E-state index in [1.54, 1.807) is 19.1 Å². The van der Waals surface area contributed by atoms with Crippen molar-refractivity contribution in [2.75, 3.05) is 0 Å². The second-order valence-electron chi connectivity index (χ2n) is 5.19. The van der Waals surface area contributed by atoms with E-state index in [1.807, 2.05) is 61.5 Å². The fourth-order valence-electron chi connectivity index (χ4n) is 1.82. The van der Waals surface area contributed by atoms with Crippen molar-refractivity contribution in [2.45, 2.75) is 20.0 Å². The van der Waals surface area contributed by atoms with E-state index in [1.165, 1.54) is 0 Å².